The number of rotatable bonds is 8. The van der Waals surface area contributed by atoms with Gasteiger partial charge in [0.05, 0.1) is 15.4 Å². The van der Waals surface area contributed by atoms with Gasteiger partial charge in [-0.25, -0.2) is 9.97 Å². The second kappa shape index (κ2) is 11.7. The van der Waals surface area contributed by atoms with Crippen LogP contribution in [0.15, 0.2) is 67.1 Å². The maximum absolute atomic E-state index is 13.5. The molecular formula is C28H28IN5O3. The number of nitrogens with one attached hydrogen (secondary N) is 2. The van der Waals surface area contributed by atoms with E-state index in [9.17, 15) is 9.59 Å². The van der Waals surface area contributed by atoms with Crippen LogP contribution in [0, 0.1) is 0 Å². The Bertz CT molecular complexity index is 1370. The Morgan fingerprint density at radius 1 is 1.03 bits per heavy atom. The molecule has 4 aromatic rings. The number of H-pyrrole nitrogens is 1. The maximum atomic E-state index is 13.5. The van der Waals surface area contributed by atoms with Crippen LogP contribution in [0.5, 0.6) is 11.5 Å². The van der Waals surface area contributed by atoms with Crippen LogP contribution in [0.3, 0.4) is 0 Å². The first kappa shape index (κ1) is 25.2. The lowest BCUT2D eigenvalue weighted by Gasteiger charge is -2.30. The van der Waals surface area contributed by atoms with E-state index in [0.29, 0.717) is 44.7 Å². The highest BCUT2D eigenvalue weighted by Gasteiger charge is 2.25. The van der Waals surface area contributed by atoms with E-state index in [4.69, 9.17) is 4.74 Å². The quantitative estimate of drug-likeness (QED) is 0.153. The summed E-state index contributed by atoms with van der Waals surface area (Å²) in [4.78, 5) is 39.9. The van der Waals surface area contributed by atoms with Gasteiger partial charge in [-0.2, -0.15) is 0 Å². The third-order valence-corrected chi connectivity index (χ3v) is 7.28. The molecular weight excluding hydrogens is 581 g/mol. The van der Waals surface area contributed by atoms with E-state index in [1.165, 1.54) is 6.33 Å². The number of nitrogens with zero attached hydrogens (tertiary/aromatic N) is 3. The van der Waals surface area contributed by atoms with Gasteiger partial charge in [0.25, 0.3) is 0 Å². The summed E-state index contributed by atoms with van der Waals surface area (Å²) in [5, 5.41) is 4.07. The van der Waals surface area contributed by atoms with Gasteiger partial charge >= 0.3 is 0 Å². The van der Waals surface area contributed by atoms with Crippen molar-refractivity contribution >= 4 is 51.1 Å². The van der Waals surface area contributed by atoms with Crippen LogP contribution in [0.2, 0.25) is 0 Å². The summed E-state index contributed by atoms with van der Waals surface area (Å²) in [6.45, 7) is 1.35. The van der Waals surface area contributed by atoms with Gasteiger partial charge in [-0.3, -0.25) is 9.59 Å². The summed E-state index contributed by atoms with van der Waals surface area (Å²) in [6, 6.07) is 16.7. The number of ether oxygens (including phenoxy) is 1. The van der Waals surface area contributed by atoms with Gasteiger partial charge in [0.15, 0.2) is 5.78 Å². The smallest absolute Gasteiger partial charge is 0.232 e. The zero-order valence-electron chi connectivity index (χ0n) is 20.3. The third kappa shape index (κ3) is 5.76. The maximum Gasteiger partial charge on any atom is 0.232 e. The molecule has 0 aliphatic carbocycles. The molecule has 1 atom stereocenters. The van der Waals surface area contributed by atoms with Crippen molar-refractivity contribution in [3.63, 3.8) is 0 Å². The lowest BCUT2D eigenvalue weighted by Crippen LogP contribution is -2.44. The molecule has 1 fully saturated rings. The monoisotopic (exact) mass is 609 g/mol. The minimum Gasteiger partial charge on any atom is -0.457 e. The average molecular weight is 609 g/mol. The van der Waals surface area contributed by atoms with Gasteiger partial charge in [-0.1, -0.05) is 53.6 Å². The van der Waals surface area contributed by atoms with Crippen LogP contribution in [0.1, 0.15) is 41.6 Å². The Morgan fingerprint density at radius 3 is 2.59 bits per heavy atom. The minimum absolute atomic E-state index is 0.0880. The van der Waals surface area contributed by atoms with E-state index in [1.54, 1.807) is 30.5 Å². The van der Waals surface area contributed by atoms with E-state index in [-0.39, 0.29) is 17.7 Å². The number of anilines is 1. The van der Waals surface area contributed by atoms with E-state index in [2.05, 4.69) is 42.9 Å². The lowest BCUT2D eigenvalue weighted by molar-refractivity contribution is -0.130. The van der Waals surface area contributed by atoms with Gasteiger partial charge in [0, 0.05) is 30.9 Å². The largest absolute Gasteiger partial charge is 0.457 e. The number of carbonyl (C=O) groups excluding carboxylic acids is 2. The van der Waals surface area contributed by atoms with Gasteiger partial charge < -0.3 is 19.9 Å². The van der Waals surface area contributed by atoms with Crippen LogP contribution in [-0.4, -0.2) is 55.1 Å². The van der Waals surface area contributed by atoms with Gasteiger partial charge in [-0.05, 0) is 49.2 Å². The summed E-state index contributed by atoms with van der Waals surface area (Å²) < 4.78 is 6.32. The second-order valence-electron chi connectivity index (χ2n) is 9.02. The Kier molecular flexibility index (Phi) is 7.98. The molecule has 9 heteroatoms. The highest BCUT2D eigenvalue weighted by molar-refractivity contribution is 14.1. The Hall–Kier alpha value is -3.47. The molecule has 0 saturated carbocycles. The predicted octanol–water partition coefficient (Wildman–Crippen LogP) is 5.60. The first-order valence-corrected chi connectivity index (χ1v) is 14.0. The molecule has 37 heavy (non-hydrogen) atoms. The van der Waals surface area contributed by atoms with E-state index >= 15 is 0 Å². The van der Waals surface area contributed by atoms with Crippen LogP contribution in [0.25, 0.3) is 11.0 Å². The van der Waals surface area contributed by atoms with Crippen LogP contribution >= 0.6 is 22.6 Å². The fourth-order valence-corrected chi connectivity index (χ4v) is 5.18. The zero-order chi connectivity index (χ0) is 25.6. The molecule has 1 saturated heterocycles. The zero-order valence-corrected chi connectivity index (χ0v) is 22.5. The number of amides is 1. The van der Waals surface area contributed by atoms with Crippen molar-refractivity contribution in [3.05, 3.63) is 78.2 Å². The van der Waals surface area contributed by atoms with E-state index in [1.807, 2.05) is 35.2 Å². The van der Waals surface area contributed by atoms with E-state index < -0.39 is 0 Å². The van der Waals surface area contributed by atoms with Gasteiger partial charge in [0.2, 0.25) is 5.91 Å². The van der Waals surface area contributed by atoms with Crippen molar-refractivity contribution < 1.29 is 14.3 Å². The Balaban J connectivity index is 1.35. The number of alkyl halides is 1. The average Bonchev–Trinajstić information content (AvgIpc) is 3.24. The first-order chi connectivity index (χ1) is 18.1. The molecule has 0 radical (unpaired) electrons. The summed E-state index contributed by atoms with van der Waals surface area (Å²) in [7, 11) is 0. The molecule has 2 aromatic carbocycles. The molecule has 8 nitrogen and oxygen atoms in total. The number of aromatic nitrogens is 3. The second-order valence-corrected chi connectivity index (χ2v) is 9.78. The highest BCUT2D eigenvalue weighted by Crippen LogP contribution is 2.28. The summed E-state index contributed by atoms with van der Waals surface area (Å²) >= 11 is 2.13. The number of benzene rings is 2. The molecule has 2 aromatic heterocycles. The SMILES string of the molecule is O=C(c1ccc(Oc2ccccc2)cc1)c1c[nH]c2ncnc(NCC3CCCCCN3C(=O)CI)c12. The normalized spacial score (nSPS) is 15.8. The topological polar surface area (TPSA) is 100 Å². The molecule has 0 spiro atoms. The van der Waals surface area contributed by atoms with Crippen molar-refractivity contribution in [1.82, 2.24) is 19.9 Å². The number of halogens is 1. The Morgan fingerprint density at radius 2 is 1.81 bits per heavy atom. The number of ketones is 1. The fraction of sp³-hybridized carbons (Fsp3) is 0.286. The predicted molar refractivity (Wildman–Crippen MR) is 152 cm³/mol. The molecule has 1 aliphatic heterocycles. The summed E-state index contributed by atoms with van der Waals surface area (Å²) in [5.74, 6) is 2.01. The fourth-order valence-electron chi connectivity index (χ4n) is 4.74. The first-order valence-electron chi connectivity index (χ1n) is 12.4. The van der Waals surface area contributed by atoms with Crippen molar-refractivity contribution in [1.29, 1.82) is 0 Å². The van der Waals surface area contributed by atoms with Crippen molar-refractivity contribution in [2.24, 2.45) is 0 Å². The number of hydrogen-bond acceptors (Lipinski definition) is 6. The van der Waals surface area contributed by atoms with Crippen molar-refractivity contribution in [2.75, 3.05) is 22.8 Å². The molecule has 1 amide bonds. The van der Waals surface area contributed by atoms with Crippen LogP contribution < -0.4 is 10.1 Å². The number of hydrogen-bond donors (Lipinski definition) is 2. The van der Waals surface area contributed by atoms with Gasteiger partial charge in [0.1, 0.15) is 29.3 Å². The summed E-state index contributed by atoms with van der Waals surface area (Å²) in [5.41, 5.74) is 1.63. The molecule has 190 valence electrons. The van der Waals surface area contributed by atoms with Crippen molar-refractivity contribution in [2.45, 2.75) is 31.7 Å². The standard InChI is InChI=1S/C28H28IN5O3/c29-15-24(35)34-14-6-2-3-7-20(34)16-30-27-25-23(17-31-28(25)33-18-32-27)26(36)19-10-12-22(13-11-19)37-21-8-4-1-5-9-21/h1,4-5,8-13,17-18,20H,2-3,6-7,14-16H2,(H2,30,31,32,33). The minimum atomic E-state index is -0.133. The molecule has 1 unspecified atom stereocenters. The van der Waals surface area contributed by atoms with Crippen LogP contribution in [0.4, 0.5) is 5.82 Å². The Labute approximate surface area is 229 Å². The molecule has 1 aliphatic rings. The van der Waals surface area contributed by atoms with E-state index in [0.717, 1.165) is 38.0 Å². The van der Waals surface area contributed by atoms with Crippen molar-refractivity contribution in [3.8, 4) is 11.5 Å². The van der Waals surface area contributed by atoms with Crippen LogP contribution in [-0.2, 0) is 4.79 Å². The molecule has 2 N–H and O–H groups in total. The highest BCUT2D eigenvalue weighted by atomic mass is 127. The number of aromatic amines is 1. The molecule has 0 bridgehead atoms. The molecule has 5 rings (SSSR count). The molecule has 3 heterocycles. The number of fused-ring (bicyclic) bond motifs is 1. The number of likely N-dealkylation sites (tertiary alicyclic amines) is 1. The lowest BCUT2D eigenvalue weighted by atomic mass is 10.0. The number of carbonyl (C=O) groups is 2. The number of para-hydroxylation sites is 1. The summed E-state index contributed by atoms with van der Waals surface area (Å²) in [6.07, 6.45) is 7.35. The third-order valence-electron chi connectivity index (χ3n) is 6.63. The van der Waals surface area contributed by atoms with Gasteiger partial charge in [-0.15, -0.1) is 0 Å².